The normalized spacial score (nSPS) is 10.9. The van der Waals surface area contributed by atoms with Crippen LogP contribution < -0.4 is 9.47 Å². The lowest BCUT2D eigenvalue weighted by Crippen LogP contribution is -1.94. The molecule has 0 fully saturated rings. The zero-order valence-corrected chi connectivity index (χ0v) is 13.5. The Morgan fingerprint density at radius 2 is 1.50 bits per heavy atom. The topological polar surface area (TPSA) is 44.2 Å². The van der Waals surface area contributed by atoms with Crippen molar-refractivity contribution in [3.8, 4) is 22.6 Å². The van der Waals surface area contributed by atoms with E-state index in [-0.39, 0.29) is 0 Å². The Bertz CT molecular complexity index is 1040. The van der Waals surface area contributed by atoms with Crippen molar-refractivity contribution in [1.82, 2.24) is 9.97 Å². The van der Waals surface area contributed by atoms with Crippen LogP contribution in [0, 0.1) is 0 Å². The van der Waals surface area contributed by atoms with Gasteiger partial charge in [0.2, 0.25) is 0 Å². The lowest BCUT2D eigenvalue weighted by molar-refractivity contribution is 0.413. The third kappa shape index (κ3) is 2.24. The number of aromatic nitrogens is 2. The lowest BCUT2D eigenvalue weighted by Gasteiger charge is -2.15. The largest absolute Gasteiger partial charge is 0.496 e. The molecule has 0 bridgehead atoms. The number of hydrogen-bond donors (Lipinski definition) is 0. The Balaban J connectivity index is 2.05. The number of nitrogens with zero attached hydrogens (tertiary/aromatic N) is 2. The molecule has 0 aliphatic heterocycles. The molecule has 4 nitrogen and oxygen atoms in total. The lowest BCUT2D eigenvalue weighted by atomic mass is 9.97. The Hall–Kier alpha value is -3.14. The van der Waals surface area contributed by atoms with Gasteiger partial charge in [-0.05, 0) is 41.1 Å². The number of methoxy groups -OCH3 is 2. The van der Waals surface area contributed by atoms with Gasteiger partial charge in [-0.3, -0.25) is 9.97 Å². The number of hydrogen-bond acceptors (Lipinski definition) is 4. The molecule has 2 heterocycles. The summed E-state index contributed by atoms with van der Waals surface area (Å²) in [5, 5.41) is 4.21. The van der Waals surface area contributed by atoms with Gasteiger partial charge in [-0.15, -0.1) is 0 Å². The molecule has 0 amide bonds. The summed E-state index contributed by atoms with van der Waals surface area (Å²) in [6.07, 6.45) is 7.24. The molecule has 0 saturated carbocycles. The number of ether oxygens (including phenoxy) is 2. The second-order valence-corrected chi connectivity index (χ2v) is 5.52. The van der Waals surface area contributed by atoms with Gasteiger partial charge in [0.25, 0.3) is 0 Å². The van der Waals surface area contributed by atoms with Crippen LogP contribution in [0.15, 0.2) is 61.2 Å². The third-order valence-electron chi connectivity index (χ3n) is 4.23. The first-order chi connectivity index (χ1) is 11.8. The summed E-state index contributed by atoms with van der Waals surface area (Å²) in [7, 11) is 3.36. The van der Waals surface area contributed by atoms with Crippen LogP contribution in [-0.2, 0) is 0 Å². The van der Waals surface area contributed by atoms with Crippen LogP contribution in [0.3, 0.4) is 0 Å². The molecule has 2 aromatic heterocycles. The van der Waals surface area contributed by atoms with Gasteiger partial charge >= 0.3 is 0 Å². The summed E-state index contributed by atoms with van der Waals surface area (Å²) in [5.41, 5.74) is 1.95. The first kappa shape index (κ1) is 14.5. The predicted octanol–water partition coefficient (Wildman–Crippen LogP) is 4.47. The van der Waals surface area contributed by atoms with Crippen molar-refractivity contribution in [3.05, 3.63) is 61.2 Å². The van der Waals surface area contributed by atoms with Crippen LogP contribution >= 0.6 is 0 Å². The van der Waals surface area contributed by atoms with Crippen LogP contribution in [-0.4, -0.2) is 24.2 Å². The number of pyridine rings is 2. The molecule has 0 radical (unpaired) electrons. The zero-order chi connectivity index (χ0) is 16.5. The van der Waals surface area contributed by atoms with Crippen molar-refractivity contribution in [2.45, 2.75) is 0 Å². The fourth-order valence-electron chi connectivity index (χ4n) is 3.06. The molecule has 0 spiro atoms. The summed E-state index contributed by atoms with van der Waals surface area (Å²) in [4.78, 5) is 8.44. The maximum atomic E-state index is 5.71. The summed E-state index contributed by atoms with van der Waals surface area (Å²) in [5.74, 6) is 1.59. The van der Waals surface area contributed by atoms with Gasteiger partial charge in [-0.2, -0.15) is 0 Å². The molecule has 4 rings (SSSR count). The van der Waals surface area contributed by atoms with E-state index in [0.29, 0.717) is 0 Å². The second-order valence-electron chi connectivity index (χ2n) is 5.52. The molecule has 0 unspecified atom stereocenters. The highest BCUT2D eigenvalue weighted by Crippen LogP contribution is 2.41. The van der Waals surface area contributed by atoms with E-state index in [0.717, 1.165) is 44.2 Å². The van der Waals surface area contributed by atoms with Crippen molar-refractivity contribution in [1.29, 1.82) is 0 Å². The molecule has 4 heteroatoms. The van der Waals surface area contributed by atoms with Gasteiger partial charge in [0.05, 0.1) is 14.2 Å². The van der Waals surface area contributed by atoms with Gasteiger partial charge in [-0.1, -0.05) is 6.07 Å². The number of rotatable bonds is 3. The van der Waals surface area contributed by atoms with Crippen LogP contribution in [0.4, 0.5) is 0 Å². The summed E-state index contributed by atoms with van der Waals surface area (Å²) in [6, 6.07) is 12.2. The number of benzene rings is 2. The zero-order valence-electron chi connectivity index (χ0n) is 13.5. The van der Waals surface area contributed by atoms with Crippen molar-refractivity contribution >= 4 is 21.5 Å². The fraction of sp³-hybridized carbons (Fsp3) is 0.100. The summed E-state index contributed by atoms with van der Waals surface area (Å²) < 4.78 is 11.3. The molecule has 0 N–H and O–H groups in total. The maximum absolute atomic E-state index is 5.71. The van der Waals surface area contributed by atoms with E-state index in [9.17, 15) is 0 Å². The first-order valence-corrected chi connectivity index (χ1v) is 7.64. The quantitative estimate of drug-likeness (QED) is 0.559. The smallest absolute Gasteiger partial charge is 0.136 e. The average molecular weight is 316 g/mol. The highest BCUT2D eigenvalue weighted by molar-refractivity contribution is 5.98. The van der Waals surface area contributed by atoms with Gasteiger partial charge in [0.1, 0.15) is 11.5 Å². The van der Waals surface area contributed by atoms with Crippen LogP contribution in [0.1, 0.15) is 0 Å². The minimum absolute atomic E-state index is 0.794. The molecule has 0 aliphatic carbocycles. The highest BCUT2D eigenvalue weighted by atomic mass is 16.5. The minimum Gasteiger partial charge on any atom is -0.496 e. The van der Waals surface area contributed by atoms with Crippen LogP contribution in [0.5, 0.6) is 11.5 Å². The van der Waals surface area contributed by atoms with Crippen molar-refractivity contribution in [3.63, 3.8) is 0 Å². The fourth-order valence-corrected chi connectivity index (χ4v) is 3.06. The van der Waals surface area contributed by atoms with E-state index < -0.39 is 0 Å². The maximum Gasteiger partial charge on any atom is 0.136 e. The standard InChI is InChI=1S/C20H16N2O2/c1-23-19-10-14-6-8-21-11-15(14)9-17(19)16-4-3-13-5-7-22-12-18(13)20(16)24-2/h3-12H,1-2H3. The SMILES string of the molecule is COc1cc2ccncc2cc1-c1ccc2ccncc2c1OC. The molecular formula is C20H16N2O2. The monoisotopic (exact) mass is 316 g/mol. The molecule has 0 atom stereocenters. The van der Waals surface area contributed by atoms with E-state index in [4.69, 9.17) is 9.47 Å². The molecule has 118 valence electrons. The third-order valence-corrected chi connectivity index (χ3v) is 4.23. The Morgan fingerprint density at radius 1 is 0.708 bits per heavy atom. The summed E-state index contributed by atoms with van der Waals surface area (Å²) in [6.45, 7) is 0. The van der Waals surface area contributed by atoms with Crippen LogP contribution in [0.25, 0.3) is 32.7 Å². The molecular weight excluding hydrogens is 300 g/mol. The molecule has 24 heavy (non-hydrogen) atoms. The van der Waals surface area contributed by atoms with Gasteiger partial charge < -0.3 is 9.47 Å². The van der Waals surface area contributed by atoms with E-state index in [2.05, 4.69) is 28.2 Å². The van der Waals surface area contributed by atoms with E-state index >= 15 is 0 Å². The Labute approximate surface area is 139 Å². The van der Waals surface area contributed by atoms with Gasteiger partial charge in [0, 0.05) is 46.7 Å². The van der Waals surface area contributed by atoms with Gasteiger partial charge in [0.15, 0.2) is 0 Å². The first-order valence-electron chi connectivity index (χ1n) is 7.64. The van der Waals surface area contributed by atoms with Crippen molar-refractivity contribution in [2.75, 3.05) is 14.2 Å². The average Bonchev–Trinajstić information content (AvgIpc) is 2.65. The van der Waals surface area contributed by atoms with Gasteiger partial charge in [-0.25, -0.2) is 0 Å². The second kappa shape index (κ2) is 5.81. The van der Waals surface area contributed by atoms with Crippen molar-refractivity contribution < 1.29 is 9.47 Å². The highest BCUT2D eigenvalue weighted by Gasteiger charge is 2.15. The summed E-state index contributed by atoms with van der Waals surface area (Å²) >= 11 is 0. The van der Waals surface area contributed by atoms with E-state index in [1.165, 1.54) is 0 Å². The Morgan fingerprint density at radius 3 is 2.29 bits per heavy atom. The van der Waals surface area contributed by atoms with Crippen molar-refractivity contribution in [2.24, 2.45) is 0 Å². The molecule has 0 aliphatic rings. The minimum atomic E-state index is 0.794. The molecule has 4 aromatic rings. The number of fused-ring (bicyclic) bond motifs is 2. The van der Waals surface area contributed by atoms with E-state index in [1.54, 1.807) is 26.6 Å². The Kier molecular flexibility index (Phi) is 3.50. The molecule has 2 aromatic carbocycles. The van der Waals surface area contributed by atoms with Crippen LogP contribution in [0.2, 0.25) is 0 Å². The van der Waals surface area contributed by atoms with E-state index in [1.807, 2.05) is 30.6 Å². The molecule has 0 saturated heterocycles. The predicted molar refractivity (Wildman–Crippen MR) is 95.6 cm³/mol.